The van der Waals surface area contributed by atoms with Crippen LogP contribution in [0.2, 0.25) is 0 Å². The highest BCUT2D eigenvalue weighted by Gasteiger charge is 2.12. The minimum Gasteiger partial charge on any atom is -0.502 e. The third-order valence-electron chi connectivity index (χ3n) is 2.72. The standard InChI is InChI=1S/C13H11N3O5S/c14-22(20,21)11-4-2-10(3-5-11)15-8-9-1-6-13(17)12(7-9)16(18)19/h1-8,17H,(H2,14,20,21). The van der Waals surface area contributed by atoms with Crippen molar-refractivity contribution in [2.45, 2.75) is 4.90 Å². The fourth-order valence-electron chi connectivity index (χ4n) is 1.64. The molecular weight excluding hydrogens is 310 g/mol. The first kappa shape index (κ1) is 15.6. The molecule has 0 bridgehead atoms. The molecule has 0 saturated heterocycles. The number of nitro groups is 1. The maximum absolute atomic E-state index is 11.1. The summed E-state index contributed by atoms with van der Waals surface area (Å²) in [6.07, 6.45) is 1.36. The van der Waals surface area contributed by atoms with Gasteiger partial charge >= 0.3 is 5.69 Å². The maximum atomic E-state index is 11.1. The van der Waals surface area contributed by atoms with Crippen molar-refractivity contribution in [2.75, 3.05) is 0 Å². The predicted octanol–water partition coefficient (Wildman–Crippen LogP) is 1.70. The molecule has 0 atom stereocenters. The summed E-state index contributed by atoms with van der Waals surface area (Å²) in [5.74, 6) is -0.431. The number of rotatable bonds is 4. The largest absolute Gasteiger partial charge is 0.502 e. The van der Waals surface area contributed by atoms with Gasteiger partial charge < -0.3 is 5.11 Å². The topological polar surface area (TPSA) is 136 Å². The second-order valence-corrected chi connectivity index (χ2v) is 5.86. The highest BCUT2D eigenvalue weighted by molar-refractivity contribution is 7.89. The number of nitro benzene ring substituents is 1. The van der Waals surface area contributed by atoms with E-state index in [2.05, 4.69) is 4.99 Å². The molecule has 114 valence electrons. The molecule has 2 aromatic carbocycles. The molecule has 0 heterocycles. The van der Waals surface area contributed by atoms with E-state index in [0.717, 1.165) is 0 Å². The first-order valence-electron chi connectivity index (χ1n) is 5.92. The summed E-state index contributed by atoms with van der Waals surface area (Å²) in [4.78, 5) is 14.0. The van der Waals surface area contributed by atoms with Crippen LogP contribution in [0.25, 0.3) is 0 Å². The van der Waals surface area contributed by atoms with Crippen molar-refractivity contribution in [3.63, 3.8) is 0 Å². The zero-order valence-electron chi connectivity index (χ0n) is 11.1. The minimum absolute atomic E-state index is 0.0354. The number of aromatic hydroxyl groups is 1. The van der Waals surface area contributed by atoms with Crippen molar-refractivity contribution in [3.8, 4) is 5.75 Å². The van der Waals surface area contributed by atoms with Gasteiger partial charge in [-0.1, -0.05) is 0 Å². The average Bonchev–Trinajstić information content (AvgIpc) is 2.45. The lowest BCUT2D eigenvalue weighted by Crippen LogP contribution is -2.11. The second kappa shape index (κ2) is 5.92. The number of aliphatic imine (C=N–C) groups is 1. The van der Waals surface area contributed by atoms with Gasteiger partial charge in [-0.05, 0) is 42.0 Å². The number of phenolic OH excluding ortho intramolecular Hbond substituents is 1. The predicted molar refractivity (Wildman–Crippen MR) is 79.8 cm³/mol. The van der Waals surface area contributed by atoms with Gasteiger partial charge in [0, 0.05) is 12.3 Å². The summed E-state index contributed by atoms with van der Waals surface area (Å²) < 4.78 is 22.2. The van der Waals surface area contributed by atoms with Crippen LogP contribution in [0.1, 0.15) is 5.56 Å². The molecule has 0 aliphatic heterocycles. The molecule has 3 N–H and O–H groups in total. The Morgan fingerprint density at radius 2 is 1.82 bits per heavy atom. The number of hydrogen-bond acceptors (Lipinski definition) is 6. The Morgan fingerprint density at radius 1 is 1.18 bits per heavy atom. The number of sulfonamides is 1. The van der Waals surface area contributed by atoms with Crippen LogP contribution in [-0.4, -0.2) is 24.7 Å². The van der Waals surface area contributed by atoms with Gasteiger partial charge in [-0.2, -0.15) is 0 Å². The third kappa shape index (κ3) is 3.65. The number of benzene rings is 2. The van der Waals surface area contributed by atoms with Gasteiger partial charge in [0.25, 0.3) is 0 Å². The molecule has 2 aromatic rings. The number of nitrogens with two attached hydrogens (primary N) is 1. The molecule has 0 aliphatic carbocycles. The van der Waals surface area contributed by atoms with Crippen molar-refractivity contribution in [2.24, 2.45) is 10.1 Å². The van der Waals surface area contributed by atoms with E-state index in [1.54, 1.807) is 0 Å². The normalized spacial score (nSPS) is 11.7. The monoisotopic (exact) mass is 321 g/mol. The smallest absolute Gasteiger partial charge is 0.311 e. The Kier molecular flexibility index (Phi) is 4.20. The summed E-state index contributed by atoms with van der Waals surface area (Å²) >= 11 is 0. The van der Waals surface area contributed by atoms with E-state index >= 15 is 0 Å². The Bertz CT molecular complexity index is 844. The van der Waals surface area contributed by atoms with E-state index in [-0.39, 0.29) is 4.90 Å². The van der Waals surface area contributed by atoms with Gasteiger partial charge in [-0.25, -0.2) is 13.6 Å². The first-order valence-corrected chi connectivity index (χ1v) is 7.46. The summed E-state index contributed by atoms with van der Waals surface area (Å²) in [6.45, 7) is 0. The summed E-state index contributed by atoms with van der Waals surface area (Å²) in [7, 11) is -3.76. The van der Waals surface area contributed by atoms with E-state index in [1.807, 2.05) is 0 Å². The van der Waals surface area contributed by atoms with Crippen LogP contribution < -0.4 is 5.14 Å². The lowest BCUT2D eigenvalue weighted by molar-refractivity contribution is -0.385. The Labute approximate surface area is 125 Å². The summed E-state index contributed by atoms with van der Waals surface area (Å²) in [5, 5.41) is 25.0. The van der Waals surface area contributed by atoms with E-state index in [4.69, 9.17) is 5.14 Å². The van der Waals surface area contributed by atoms with Crippen molar-refractivity contribution in [1.82, 2.24) is 0 Å². The second-order valence-electron chi connectivity index (χ2n) is 4.30. The van der Waals surface area contributed by atoms with E-state index in [0.29, 0.717) is 11.3 Å². The van der Waals surface area contributed by atoms with Crippen LogP contribution >= 0.6 is 0 Å². The van der Waals surface area contributed by atoms with Crippen molar-refractivity contribution in [1.29, 1.82) is 0 Å². The van der Waals surface area contributed by atoms with Crippen LogP contribution in [0.4, 0.5) is 11.4 Å². The molecule has 0 aliphatic rings. The summed E-state index contributed by atoms with van der Waals surface area (Å²) in [5.41, 5.74) is 0.441. The third-order valence-corrected chi connectivity index (χ3v) is 3.65. The molecule has 0 spiro atoms. The average molecular weight is 321 g/mol. The molecule has 9 heteroatoms. The molecule has 8 nitrogen and oxygen atoms in total. The fourth-order valence-corrected chi connectivity index (χ4v) is 2.15. The number of hydrogen-bond donors (Lipinski definition) is 2. The number of nitrogens with zero attached hydrogens (tertiary/aromatic N) is 2. The molecule has 22 heavy (non-hydrogen) atoms. The fraction of sp³-hybridized carbons (Fsp3) is 0. The maximum Gasteiger partial charge on any atom is 0.311 e. The van der Waals surface area contributed by atoms with Crippen molar-refractivity contribution >= 4 is 27.6 Å². The van der Waals surface area contributed by atoms with Gasteiger partial charge in [0.05, 0.1) is 15.5 Å². The Morgan fingerprint density at radius 3 is 2.36 bits per heavy atom. The first-order chi connectivity index (χ1) is 10.3. The highest BCUT2D eigenvalue weighted by Crippen LogP contribution is 2.26. The quantitative estimate of drug-likeness (QED) is 0.501. The molecule has 0 saturated carbocycles. The van der Waals surface area contributed by atoms with Gasteiger partial charge in [-0.3, -0.25) is 15.1 Å². The molecule has 0 fully saturated rings. The SMILES string of the molecule is NS(=O)(=O)c1ccc(N=Cc2ccc(O)c([N+](=O)[O-])c2)cc1. The highest BCUT2D eigenvalue weighted by atomic mass is 32.2. The van der Waals surface area contributed by atoms with Crippen LogP contribution in [0, 0.1) is 10.1 Å². The zero-order chi connectivity index (χ0) is 16.3. The Balaban J connectivity index is 2.25. The minimum atomic E-state index is -3.76. The lowest BCUT2D eigenvalue weighted by Gasteiger charge is -1.99. The van der Waals surface area contributed by atoms with E-state index < -0.39 is 26.4 Å². The molecular formula is C13H11N3O5S. The van der Waals surface area contributed by atoms with Gasteiger partial charge in [-0.15, -0.1) is 0 Å². The summed E-state index contributed by atoms with van der Waals surface area (Å²) in [6, 6.07) is 9.35. The van der Waals surface area contributed by atoms with E-state index in [9.17, 15) is 23.6 Å². The lowest BCUT2D eigenvalue weighted by atomic mass is 10.2. The van der Waals surface area contributed by atoms with Crippen LogP contribution in [-0.2, 0) is 10.0 Å². The number of phenols is 1. The van der Waals surface area contributed by atoms with Crippen LogP contribution in [0.5, 0.6) is 5.75 Å². The van der Waals surface area contributed by atoms with Gasteiger partial charge in [0.1, 0.15) is 0 Å². The molecule has 0 amide bonds. The molecule has 0 unspecified atom stereocenters. The van der Waals surface area contributed by atoms with Crippen LogP contribution in [0.3, 0.4) is 0 Å². The van der Waals surface area contributed by atoms with Crippen molar-refractivity contribution in [3.05, 3.63) is 58.1 Å². The van der Waals surface area contributed by atoms with E-state index in [1.165, 1.54) is 48.7 Å². The molecule has 0 aromatic heterocycles. The van der Waals surface area contributed by atoms with Gasteiger partial charge in [0.2, 0.25) is 10.0 Å². The van der Waals surface area contributed by atoms with Crippen LogP contribution in [0.15, 0.2) is 52.4 Å². The molecule has 0 radical (unpaired) electrons. The Hall–Kier alpha value is -2.78. The van der Waals surface area contributed by atoms with Crippen molar-refractivity contribution < 1.29 is 18.4 Å². The zero-order valence-corrected chi connectivity index (χ0v) is 11.9. The van der Waals surface area contributed by atoms with Gasteiger partial charge in [0.15, 0.2) is 5.75 Å². The molecule has 2 rings (SSSR count). The number of primary sulfonamides is 1.